The minimum Gasteiger partial charge on any atom is -0.464 e. The summed E-state index contributed by atoms with van der Waals surface area (Å²) >= 11 is 0. The van der Waals surface area contributed by atoms with Gasteiger partial charge in [-0.25, -0.2) is 0 Å². The van der Waals surface area contributed by atoms with E-state index in [0.717, 1.165) is 30.7 Å². The van der Waals surface area contributed by atoms with Crippen molar-refractivity contribution in [3.63, 3.8) is 0 Å². The molecule has 0 aliphatic rings. The normalized spacial score (nSPS) is 11.4. The Bertz CT molecular complexity index is 577. The topological polar surface area (TPSA) is 76.1 Å². The second kappa shape index (κ2) is 38.3. The molecule has 0 radical (unpaired) electrons. The Morgan fingerprint density at radius 3 is 0.848 bits per heavy atom. The first-order chi connectivity index (χ1) is 22.6. The molecule has 0 amide bonds. The highest BCUT2D eigenvalue weighted by molar-refractivity contribution is 5.69. The van der Waals surface area contributed by atoms with Crippen molar-refractivity contribution >= 4 is 11.9 Å². The third kappa shape index (κ3) is 37.3. The molecule has 0 unspecified atom stereocenters. The number of hydrogen-bond acceptors (Lipinski definition) is 6. The second-order valence-corrected chi connectivity index (χ2v) is 13.8. The number of rotatable bonds is 38. The van der Waals surface area contributed by atoms with Crippen molar-refractivity contribution in [3.05, 3.63) is 0 Å². The van der Waals surface area contributed by atoms with E-state index in [-0.39, 0.29) is 38.2 Å². The second-order valence-electron chi connectivity index (χ2n) is 13.8. The number of hydrogen-bond donors (Lipinski definition) is 1. The van der Waals surface area contributed by atoms with E-state index >= 15 is 0 Å². The smallest absolute Gasteiger partial charge is 0.305 e. The summed E-state index contributed by atoms with van der Waals surface area (Å²) in [6.07, 6.45) is 40.0. The molecule has 1 N–H and O–H groups in total. The van der Waals surface area contributed by atoms with Crippen LogP contribution in [0.25, 0.3) is 0 Å². The van der Waals surface area contributed by atoms with Crippen molar-refractivity contribution < 1.29 is 24.3 Å². The monoisotopic (exact) mass is 654 g/mol. The van der Waals surface area contributed by atoms with Gasteiger partial charge in [0.1, 0.15) is 13.2 Å². The summed E-state index contributed by atoms with van der Waals surface area (Å²) in [6, 6.07) is 0. The van der Waals surface area contributed by atoms with Crippen molar-refractivity contribution in [1.82, 2.24) is 5.06 Å². The molecule has 46 heavy (non-hydrogen) atoms. The number of unbranched alkanes of at least 4 members (excludes halogenated alkanes) is 28. The molecule has 6 nitrogen and oxygen atoms in total. The average molecular weight is 654 g/mol. The fourth-order valence-corrected chi connectivity index (χ4v) is 6.07. The standard InChI is InChI=1S/C40H79NO5/c1-3-5-7-9-11-13-15-17-19-21-23-25-27-29-31-33-39(42)45-37-35-41(44)36-38-46-40(43)34-32-30-28-26-24-22-20-18-16-14-12-10-8-6-4-2/h44H,3-38H2,1-2H3. The van der Waals surface area contributed by atoms with Gasteiger partial charge in [0.05, 0.1) is 13.1 Å². The van der Waals surface area contributed by atoms with Gasteiger partial charge in [-0.05, 0) is 12.8 Å². The maximum Gasteiger partial charge on any atom is 0.305 e. The number of nitrogens with zero attached hydrogens (tertiary/aromatic N) is 1. The SMILES string of the molecule is CCCCCCCCCCCCCCCCCC(=O)OCCN(O)CCOC(=O)CCCCCCCCCCCCCCCCC. The van der Waals surface area contributed by atoms with E-state index in [1.54, 1.807) is 0 Å². The van der Waals surface area contributed by atoms with Crippen LogP contribution in [0.3, 0.4) is 0 Å². The molecule has 0 aliphatic carbocycles. The Morgan fingerprint density at radius 1 is 0.391 bits per heavy atom. The summed E-state index contributed by atoms with van der Waals surface area (Å²) < 4.78 is 10.5. The lowest BCUT2D eigenvalue weighted by Gasteiger charge is -2.14. The Hall–Kier alpha value is -1.14. The number of hydroxylamine groups is 2. The van der Waals surface area contributed by atoms with Crippen LogP contribution in [0.1, 0.15) is 219 Å². The summed E-state index contributed by atoms with van der Waals surface area (Å²) in [4.78, 5) is 23.9. The van der Waals surface area contributed by atoms with Crippen LogP contribution in [0.2, 0.25) is 0 Å². The molecule has 0 spiro atoms. The van der Waals surface area contributed by atoms with Gasteiger partial charge in [0.2, 0.25) is 0 Å². The maximum absolute atomic E-state index is 12.0. The van der Waals surface area contributed by atoms with Gasteiger partial charge in [0.15, 0.2) is 0 Å². The first-order valence-electron chi connectivity index (χ1n) is 20.3. The van der Waals surface area contributed by atoms with Gasteiger partial charge in [-0.15, -0.1) is 0 Å². The van der Waals surface area contributed by atoms with E-state index < -0.39 is 0 Å². The van der Waals surface area contributed by atoms with Gasteiger partial charge >= 0.3 is 11.9 Å². The Balaban J connectivity index is 3.36. The van der Waals surface area contributed by atoms with Crippen molar-refractivity contribution in [3.8, 4) is 0 Å². The molecule has 0 heterocycles. The highest BCUT2D eigenvalue weighted by atomic mass is 16.6. The predicted octanol–water partition coefficient (Wildman–Crippen LogP) is 12.3. The summed E-state index contributed by atoms with van der Waals surface area (Å²) in [7, 11) is 0. The van der Waals surface area contributed by atoms with Crippen molar-refractivity contribution in [1.29, 1.82) is 0 Å². The zero-order chi connectivity index (χ0) is 33.6. The van der Waals surface area contributed by atoms with Crippen LogP contribution in [0.5, 0.6) is 0 Å². The third-order valence-electron chi connectivity index (χ3n) is 9.19. The minimum atomic E-state index is -0.196. The molecular weight excluding hydrogens is 574 g/mol. The average Bonchev–Trinajstić information content (AvgIpc) is 3.04. The number of ether oxygens (including phenoxy) is 2. The van der Waals surface area contributed by atoms with Crippen LogP contribution in [-0.4, -0.2) is 48.5 Å². The molecule has 0 rings (SSSR count). The van der Waals surface area contributed by atoms with Crippen molar-refractivity contribution in [2.24, 2.45) is 0 Å². The Kier molecular flexibility index (Phi) is 37.4. The van der Waals surface area contributed by atoms with Crippen LogP contribution in [-0.2, 0) is 19.1 Å². The van der Waals surface area contributed by atoms with Crippen LogP contribution in [0.15, 0.2) is 0 Å². The molecule has 0 aliphatic heterocycles. The van der Waals surface area contributed by atoms with Crippen molar-refractivity contribution in [2.45, 2.75) is 219 Å². The van der Waals surface area contributed by atoms with E-state index in [0.29, 0.717) is 12.8 Å². The predicted molar refractivity (Wildman–Crippen MR) is 194 cm³/mol. The van der Waals surface area contributed by atoms with Crippen LogP contribution >= 0.6 is 0 Å². The first-order valence-corrected chi connectivity index (χ1v) is 20.3. The lowest BCUT2D eigenvalue weighted by atomic mass is 10.0. The summed E-state index contributed by atoms with van der Waals surface area (Å²) in [5, 5.41) is 11.0. The van der Waals surface area contributed by atoms with E-state index in [1.165, 1.54) is 167 Å². The molecule has 0 aromatic rings. The van der Waals surface area contributed by atoms with E-state index in [4.69, 9.17) is 9.47 Å². The summed E-state index contributed by atoms with van der Waals surface area (Å²) in [5.74, 6) is -0.393. The van der Waals surface area contributed by atoms with Crippen LogP contribution in [0, 0.1) is 0 Å². The molecule has 274 valence electrons. The van der Waals surface area contributed by atoms with Gasteiger partial charge in [0, 0.05) is 12.8 Å². The zero-order valence-electron chi connectivity index (χ0n) is 31.0. The lowest BCUT2D eigenvalue weighted by molar-refractivity contribution is -0.154. The first kappa shape index (κ1) is 44.9. The number of esters is 2. The van der Waals surface area contributed by atoms with E-state index in [1.807, 2.05) is 0 Å². The van der Waals surface area contributed by atoms with Crippen LogP contribution in [0.4, 0.5) is 0 Å². The van der Waals surface area contributed by atoms with Crippen molar-refractivity contribution in [2.75, 3.05) is 26.3 Å². The fraction of sp³-hybridized carbons (Fsp3) is 0.950. The highest BCUT2D eigenvalue weighted by Crippen LogP contribution is 2.15. The fourth-order valence-electron chi connectivity index (χ4n) is 6.07. The Morgan fingerprint density at radius 2 is 0.609 bits per heavy atom. The van der Waals surface area contributed by atoms with Crippen LogP contribution < -0.4 is 0 Å². The summed E-state index contributed by atoms with van der Waals surface area (Å²) in [6.45, 7) is 5.30. The van der Waals surface area contributed by atoms with E-state index in [9.17, 15) is 14.8 Å². The number of carbonyl (C=O) groups excluding carboxylic acids is 2. The molecule has 0 fully saturated rings. The molecule has 0 atom stereocenters. The molecular formula is C40H79NO5. The molecule has 0 saturated carbocycles. The maximum atomic E-state index is 12.0. The Labute approximate surface area is 286 Å². The third-order valence-corrected chi connectivity index (χ3v) is 9.19. The molecule has 0 aromatic carbocycles. The number of carbonyl (C=O) groups is 2. The largest absolute Gasteiger partial charge is 0.464 e. The highest BCUT2D eigenvalue weighted by Gasteiger charge is 2.08. The molecule has 0 saturated heterocycles. The summed E-state index contributed by atoms with van der Waals surface area (Å²) in [5.41, 5.74) is 0. The van der Waals surface area contributed by atoms with Gasteiger partial charge in [-0.3, -0.25) is 9.59 Å². The van der Waals surface area contributed by atoms with Gasteiger partial charge < -0.3 is 14.7 Å². The zero-order valence-corrected chi connectivity index (χ0v) is 31.0. The van der Waals surface area contributed by atoms with E-state index in [2.05, 4.69) is 13.8 Å². The van der Waals surface area contributed by atoms with Gasteiger partial charge in [-0.2, -0.15) is 5.06 Å². The lowest BCUT2D eigenvalue weighted by Crippen LogP contribution is -2.29. The quantitative estimate of drug-likeness (QED) is 0.0406. The molecule has 0 aromatic heterocycles. The molecule has 0 bridgehead atoms. The van der Waals surface area contributed by atoms with Gasteiger partial charge in [-0.1, -0.05) is 194 Å². The minimum absolute atomic E-state index is 0.154. The van der Waals surface area contributed by atoms with Gasteiger partial charge in [0.25, 0.3) is 0 Å². The molecule has 6 heteroatoms.